The molecule has 0 aromatic heterocycles. The molecule has 2 aromatic carbocycles. The lowest BCUT2D eigenvalue weighted by atomic mass is 10.1. The standard InChI is InChI=1S/C25H26F3N3O4/c1-2-35-21-8-7-16(14-31-23(33)18-5-3-4-6-19(18)24(31)34)11-20(21)22(32)29-12-17-9-10-30(13-17)15-25(26,27)28/h3-8,11,17H,2,9-10,12-15H2,1H3,(H,29,32)/t17-/m0/s1. The Morgan fingerprint density at radius 3 is 2.43 bits per heavy atom. The molecule has 3 amide bonds. The van der Waals surface area contributed by atoms with Crippen LogP contribution < -0.4 is 10.1 Å². The van der Waals surface area contributed by atoms with Crippen molar-refractivity contribution >= 4 is 17.7 Å². The Morgan fingerprint density at radius 1 is 1.11 bits per heavy atom. The van der Waals surface area contributed by atoms with E-state index >= 15 is 0 Å². The van der Waals surface area contributed by atoms with Crippen LogP contribution in [-0.2, 0) is 6.54 Å². The van der Waals surface area contributed by atoms with Crippen LogP contribution in [0.4, 0.5) is 13.2 Å². The Kier molecular flexibility index (Phi) is 7.11. The minimum atomic E-state index is -4.25. The maximum Gasteiger partial charge on any atom is 0.401 e. The van der Waals surface area contributed by atoms with Gasteiger partial charge in [0.05, 0.1) is 36.4 Å². The van der Waals surface area contributed by atoms with Gasteiger partial charge in [0.15, 0.2) is 0 Å². The Hall–Kier alpha value is -3.40. The molecule has 1 N–H and O–H groups in total. The van der Waals surface area contributed by atoms with Gasteiger partial charge in [0.25, 0.3) is 17.7 Å². The van der Waals surface area contributed by atoms with Crippen LogP contribution in [0.1, 0.15) is 50.0 Å². The first-order valence-corrected chi connectivity index (χ1v) is 11.4. The van der Waals surface area contributed by atoms with E-state index in [0.29, 0.717) is 42.0 Å². The average molecular weight is 489 g/mol. The maximum atomic E-state index is 13.0. The van der Waals surface area contributed by atoms with Crippen molar-refractivity contribution in [2.24, 2.45) is 5.92 Å². The number of hydrogen-bond donors (Lipinski definition) is 1. The number of likely N-dealkylation sites (tertiary alicyclic amines) is 1. The van der Waals surface area contributed by atoms with Crippen LogP contribution in [0.3, 0.4) is 0 Å². The van der Waals surface area contributed by atoms with Crippen molar-refractivity contribution < 1.29 is 32.3 Å². The summed E-state index contributed by atoms with van der Waals surface area (Å²) in [6.45, 7) is 1.98. The summed E-state index contributed by atoms with van der Waals surface area (Å²) >= 11 is 0. The molecule has 0 saturated carbocycles. The number of carbonyl (C=O) groups excluding carboxylic acids is 3. The van der Waals surface area contributed by atoms with Gasteiger partial charge in [0, 0.05) is 13.1 Å². The van der Waals surface area contributed by atoms with E-state index in [1.54, 1.807) is 49.4 Å². The Labute approximate surface area is 200 Å². The summed E-state index contributed by atoms with van der Waals surface area (Å²) in [6, 6.07) is 11.5. The van der Waals surface area contributed by atoms with Crippen LogP contribution in [-0.4, -0.2) is 66.5 Å². The number of amides is 3. The van der Waals surface area contributed by atoms with Gasteiger partial charge >= 0.3 is 6.18 Å². The number of imide groups is 1. The number of benzene rings is 2. The van der Waals surface area contributed by atoms with E-state index < -0.39 is 30.4 Å². The van der Waals surface area contributed by atoms with E-state index in [4.69, 9.17) is 4.74 Å². The smallest absolute Gasteiger partial charge is 0.401 e. The number of carbonyl (C=O) groups is 3. The molecule has 1 atom stereocenters. The lowest BCUT2D eigenvalue weighted by Crippen LogP contribution is -2.35. The molecule has 7 nitrogen and oxygen atoms in total. The number of halogens is 3. The van der Waals surface area contributed by atoms with Crippen molar-refractivity contribution in [3.05, 3.63) is 64.7 Å². The van der Waals surface area contributed by atoms with Gasteiger partial charge in [0.2, 0.25) is 0 Å². The fraction of sp³-hybridized carbons (Fsp3) is 0.400. The minimum Gasteiger partial charge on any atom is -0.493 e. The van der Waals surface area contributed by atoms with Crippen molar-refractivity contribution in [3.8, 4) is 5.75 Å². The van der Waals surface area contributed by atoms with Gasteiger partial charge in [0.1, 0.15) is 5.75 Å². The van der Waals surface area contributed by atoms with Gasteiger partial charge in [-0.3, -0.25) is 24.2 Å². The minimum absolute atomic E-state index is 0.00589. The second kappa shape index (κ2) is 10.1. The molecule has 4 rings (SSSR count). The van der Waals surface area contributed by atoms with Crippen molar-refractivity contribution in [1.29, 1.82) is 0 Å². The highest BCUT2D eigenvalue weighted by Gasteiger charge is 2.36. The van der Waals surface area contributed by atoms with E-state index in [1.807, 2.05) is 0 Å². The molecule has 1 fully saturated rings. The Bertz CT molecular complexity index is 1100. The highest BCUT2D eigenvalue weighted by atomic mass is 19.4. The fourth-order valence-corrected chi connectivity index (χ4v) is 4.51. The third-order valence-electron chi connectivity index (χ3n) is 6.13. The molecule has 0 bridgehead atoms. The summed E-state index contributed by atoms with van der Waals surface area (Å²) in [5.74, 6) is -0.947. The molecule has 2 aliphatic rings. The fourth-order valence-electron chi connectivity index (χ4n) is 4.51. The number of hydrogen-bond acceptors (Lipinski definition) is 5. The van der Waals surface area contributed by atoms with Gasteiger partial charge in [-0.25, -0.2) is 0 Å². The zero-order chi connectivity index (χ0) is 25.2. The number of rotatable bonds is 8. The lowest BCUT2D eigenvalue weighted by molar-refractivity contribution is -0.143. The first-order valence-electron chi connectivity index (χ1n) is 11.4. The molecule has 2 heterocycles. The summed E-state index contributed by atoms with van der Waals surface area (Å²) in [7, 11) is 0. The molecular weight excluding hydrogens is 463 g/mol. The van der Waals surface area contributed by atoms with Crippen molar-refractivity contribution in [1.82, 2.24) is 15.1 Å². The van der Waals surface area contributed by atoms with Gasteiger partial charge in [-0.1, -0.05) is 18.2 Å². The lowest BCUT2D eigenvalue weighted by Gasteiger charge is -2.18. The molecule has 0 radical (unpaired) electrons. The van der Waals surface area contributed by atoms with Crippen LogP contribution in [0.5, 0.6) is 5.75 Å². The molecular formula is C25H26F3N3O4. The summed E-state index contributed by atoms with van der Waals surface area (Å²) in [4.78, 5) is 40.8. The monoisotopic (exact) mass is 489 g/mol. The van der Waals surface area contributed by atoms with E-state index in [1.165, 1.54) is 4.90 Å². The summed E-state index contributed by atoms with van der Waals surface area (Å²) in [6.07, 6.45) is -3.68. The topological polar surface area (TPSA) is 78.9 Å². The zero-order valence-electron chi connectivity index (χ0n) is 19.2. The third-order valence-corrected chi connectivity index (χ3v) is 6.13. The van der Waals surface area contributed by atoms with Crippen LogP contribution in [0.15, 0.2) is 42.5 Å². The quantitative estimate of drug-likeness (QED) is 0.575. The first-order chi connectivity index (χ1) is 16.7. The maximum absolute atomic E-state index is 13.0. The molecule has 0 aliphatic carbocycles. The SMILES string of the molecule is CCOc1ccc(CN2C(=O)c3ccccc3C2=O)cc1C(=O)NC[C@@H]1CCN(CC(F)(F)F)C1. The molecule has 1 saturated heterocycles. The molecule has 2 aliphatic heterocycles. The van der Waals surface area contributed by atoms with Crippen LogP contribution in [0.2, 0.25) is 0 Å². The summed E-state index contributed by atoms with van der Waals surface area (Å²) in [5, 5.41) is 2.80. The third kappa shape index (κ3) is 5.64. The van der Waals surface area contributed by atoms with Crippen molar-refractivity contribution in [2.75, 3.05) is 32.8 Å². The summed E-state index contributed by atoms with van der Waals surface area (Å²) in [5.41, 5.74) is 1.51. The predicted molar refractivity (Wildman–Crippen MR) is 121 cm³/mol. The van der Waals surface area contributed by atoms with Gasteiger partial charge in [-0.2, -0.15) is 13.2 Å². The number of nitrogens with zero attached hydrogens (tertiary/aromatic N) is 2. The first kappa shape index (κ1) is 24.7. The normalized spacial score (nSPS) is 18.2. The molecule has 0 spiro atoms. The molecule has 186 valence electrons. The highest BCUT2D eigenvalue weighted by Crippen LogP contribution is 2.27. The van der Waals surface area contributed by atoms with Crippen LogP contribution in [0.25, 0.3) is 0 Å². The average Bonchev–Trinajstić information content (AvgIpc) is 3.35. The molecule has 35 heavy (non-hydrogen) atoms. The number of alkyl halides is 3. The number of fused-ring (bicyclic) bond motifs is 1. The summed E-state index contributed by atoms with van der Waals surface area (Å²) < 4.78 is 43.5. The molecule has 0 unspecified atom stereocenters. The Balaban J connectivity index is 1.43. The van der Waals surface area contributed by atoms with E-state index in [-0.39, 0.29) is 31.1 Å². The van der Waals surface area contributed by atoms with Crippen LogP contribution in [0, 0.1) is 5.92 Å². The predicted octanol–water partition coefficient (Wildman–Crippen LogP) is 3.50. The van der Waals surface area contributed by atoms with Crippen molar-refractivity contribution in [2.45, 2.75) is 26.1 Å². The Morgan fingerprint density at radius 2 is 1.80 bits per heavy atom. The zero-order valence-corrected chi connectivity index (χ0v) is 19.2. The molecule has 10 heteroatoms. The second-order valence-corrected chi connectivity index (χ2v) is 8.72. The van der Waals surface area contributed by atoms with Gasteiger partial charge < -0.3 is 10.1 Å². The van der Waals surface area contributed by atoms with E-state index in [9.17, 15) is 27.6 Å². The second-order valence-electron chi connectivity index (χ2n) is 8.72. The number of ether oxygens (including phenoxy) is 1. The van der Waals surface area contributed by atoms with Gasteiger partial charge in [-0.05, 0) is 55.6 Å². The van der Waals surface area contributed by atoms with Crippen LogP contribution >= 0.6 is 0 Å². The highest BCUT2D eigenvalue weighted by molar-refractivity contribution is 6.21. The van der Waals surface area contributed by atoms with E-state index in [2.05, 4.69) is 5.32 Å². The molecule has 2 aromatic rings. The van der Waals surface area contributed by atoms with Crippen molar-refractivity contribution in [3.63, 3.8) is 0 Å². The van der Waals surface area contributed by atoms with Gasteiger partial charge in [-0.15, -0.1) is 0 Å². The van der Waals surface area contributed by atoms with E-state index in [0.717, 1.165) is 4.90 Å². The largest absolute Gasteiger partial charge is 0.493 e. The number of nitrogens with one attached hydrogen (secondary N) is 1.